The fourth-order valence-corrected chi connectivity index (χ4v) is 3.95. The summed E-state index contributed by atoms with van der Waals surface area (Å²) in [5.74, 6) is -1.54. The molecule has 2 N–H and O–H groups in total. The summed E-state index contributed by atoms with van der Waals surface area (Å²) in [6, 6.07) is 9.20. The fraction of sp³-hybridized carbons (Fsp3) is 0.391. The van der Waals surface area contributed by atoms with Crippen molar-refractivity contribution in [2.45, 2.75) is 31.4 Å². The van der Waals surface area contributed by atoms with Crippen molar-refractivity contribution >= 4 is 11.9 Å². The first-order chi connectivity index (χ1) is 14.8. The highest BCUT2D eigenvalue weighted by Gasteiger charge is 2.30. The number of aromatic carboxylic acids is 1. The summed E-state index contributed by atoms with van der Waals surface area (Å²) >= 11 is 0. The van der Waals surface area contributed by atoms with Gasteiger partial charge in [-0.1, -0.05) is 12.1 Å². The second-order valence-corrected chi connectivity index (χ2v) is 7.53. The standard InChI is InChI=1S/C23H26FNO6/c1-30-17-10-19(26)22(20(11-17)31-2)18(14-5-3-6-15(9-14)23(28)29)12-21(27)25-8-4-7-16(24)13-25/h3,5-6,9-11,16,18,26H,4,7-8,12-13H2,1-2H3,(H,28,29)/t16-,18?/m1/s1. The second-order valence-electron chi connectivity index (χ2n) is 7.53. The zero-order chi connectivity index (χ0) is 22.5. The predicted molar refractivity (Wildman–Crippen MR) is 112 cm³/mol. The molecular weight excluding hydrogens is 405 g/mol. The summed E-state index contributed by atoms with van der Waals surface area (Å²) in [6.07, 6.45) is -0.119. The minimum Gasteiger partial charge on any atom is -0.507 e. The van der Waals surface area contributed by atoms with Crippen LogP contribution in [0.1, 0.15) is 46.7 Å². The lowest BCUT2D eigenvalue weighted by Gasteiger charge is -2.31. The van der Waals surface area contributed by atoms with Crippen molar-refractivity contribution in [1.82, 2.24) is 4.90 Å². The number of rotatable bonds is 7. The molecule has 1 unspecified atom stereocenters. The minimum absolute atomic E-state index is 0.0342. The quantitative estimate of drug-likeness (QED) is 0.696. The number of carboxylic acids is 1. The van der Waals surface area contributed by atoms with Gasteiger partial charge in [-0.3, -0.25) is 4.79 Å². The first-order valence-corrected chi connectivity index (χ1v) is 10.0. The van der Waals surface area contributed by atoms with Gasteiger partial charge in [0.2, 0.25) is 5.91 Å². The van der Waals surface area contributed by atoms with Crippen molar-refractivity contribution in [3.05, 3.63) is 53.1 Å². The molecule has 1 fully saturated rings. The van der Waals surface area contributed by atoms with E-state index in [1.807, 2.05) is 0 Å². The number of carbonyl (C=O) groups excluding carboxylic acids is 1. The topological polar surface area (TPSA) is 96.3 Å². The molecule has 3 rings (SSSR count). The van der Waals surface area contributed by atoms with Gasteiger partial charge in [0, 0.05) is 36.6 Å². The summed E-state index contributed by atoms with van der Waals surface area (Å²) in [5.41, 5.74) is 0.928. The number of aromatic hydroxyl groups is 1. The first kappa shape index (κ1) is 22.4. The molecule has 31 heavy (non-hydrogen) atoms. The first-order valence-electron chi connectivity index (χ1n) is 10.0. The maximum absolute atomic E-state index is 13.9. The molecule has 0 bridgehead atoms. The van der Waals surface area contributed by atoms with E-state index >= 15 is 0 Å². The van der Waals surface area contributed by atoms with Crippen molar-refractivity contribution in [2.75, 3.05) is 27.3 Å². The van der Waals surface area contributed by atoms with Crippen LogP contribution in [-0.2, 0) is 4.79 Å². The van der Waals surface area contributed by atoms with Crippen LogP contribution in [0.2, 0.25) is 0 Å². The number of phenols is 1. The number of halogens is 1. The summed E-state index contributed by atoms with van der Waals surface area (Å²) in [7, 11) is 2.89. The highest BCUT2D eigenvalue weighted by atomic mass is 19.1. The van der Waals surface area contributed by atoms with E-state index in [0.29, 0.717) is 42.0 Å². The number of methoxy groups -OCH3 is 2. The molecule has 1 aliphatic heterocycles. The molecule has 0 radical (unpaired) electrons. The van der Waals surface area contributed by atoms with Gasteiger partial charge in [0.15, 0.2) is 0 Å². The number of carbonyl (C=O) groups is 2. The van der Waals surface area contributed by atoms with Crippen LogP contribution >= 0.6 is 0 Å². The van der Waals surface area contributed by atoms with Gasteiger partial charge in [0.25, 0.3) is 0 Å². The van der Waals surface area contributed by atoms with Crippen LogP contribution in [0.5, 0.6) is 17.2 Å². The predicted octanol–water partition coefficient (Wildman–Crippen LogP) is 3.59. The number of amides is 1. The normalized spacial score (nSPS) is 17.1. The molecule has 166 valence electrons. The number of nitrogens with zero attached hydrogens (tertiary/aromatic N) is 1. The number of likely N-dealkylation sites (tertiary alicyclic amines) is 1. The molecule has 1 aliphatic rings. The van der Waals surface area contributed by atoms with Gasteiger partial charge >= 0.3 is 5.97 Å². The van der Waals surface area contributed by atoms with E-state index < -0.39 is 18.1 Å². The Hall–Kier alpha value is -3.29. The number of hydrogen-bond acceptors (Lipinski definition) is 5. The van der Waals surface area contributed by atoms with Crippen molar-refractivity contribution in [1.29, 1.82) is 0 Å². The lowest BCUT2D eigenvalue weighted by atomic mass is 9.85. The lowest BCUT2D eigenvalue weighted by molar-refractivity contribution is -0.133. The summed E-state index contributed by atoms with van der Waals surface area (Å²) in [6.45, 7) is 0.499. The van der Waals surface area contributed by atoms with E-state index in [-0.39, 0.29) is 30.2 Å². The molecule has 2 atom stereocenters. The Morgan fingerprint density at radius 2 is 2.00 bits per heavy atom. The molecule has 0 spiro atoms. The zero-order valence-electron chi connectivity index (χ0n) is 17.5. The smallest absolute Gasteiger partial charge is 0.335 e. The summed E-state index contributed by atoms with van der Waals surface area (Å²) in [4.78, 5) is 26.0. The molecule has 1 saturated heterocycles. The maximum atomic E-state index is 13.9. The molecule has 8 heteroatoms. The van der Waals surface area contributed by atoms with Crippen LogP contribution in [0, 0.1) is 0 Å². The molecule has 0 saturated carbocycles. The van der Waals surface area contributed by atoms with E-state index in [0.717, 1.165) is 0 Å². The Bertz CT molecular complexity index is 963. The van der Waals surface area contributed by atoms with Crippen LogP contribution in [0.3, 0.4) is 0 Å². The Morgan fingerprint density at radius 1 is 1.23 bits per heavy atom. The summed E-state index contributed by atoms with van der Waals surface area (Å²) < 4.78 is 24.5. The van der Waals surface area contributed by atoms with Gasteiger partial charge in [0.1, 0.15) is 23.4 Å². The van der Waals surface area contributed by atoms with E-state index in [4.69, 9.17) is 9.47 Å². The molecule has 2 aromatic carbocycles. The van der Waals surface area contributed by atoms with Crippen LogP contribution in [0.4, 0.5) is 4.39 Å². The second kappa shape index (κ2) is 9.68. The number of ether oxygens (including phenoxy) is 2. The van der Waals surface area contributed by atoms with Gasteiger partial charge in [-0.15, -0.1) is 0 Å². The third-order valence-corrected chi connectivity index (χ3v) is 5.53. The van der Waals surface area contributed by atoms with Gasteiger partial charge in [-0.2, -0.15) is 0 Å². The lowest BCUT2D eigenvalue weighted by Crippen LogP contribution is -2.41. The van der Waals surface area contributed by atoms with Crippen molar-refractivity contribution in [3.8, 4) is 17.2 Å². The number of phenolic OH excluding ortho intramolecular Hbond substituents is 1. The van der Waals surface area contributed by atoms with Crippen molar-refractivity contribution in [2.24, 2.45) is 0 Å². The largest absolute Gasteiger partial charge is 0.507 e. The van der Waals surface area contributed by atoms with Gasteiger partial charge in [-0.05, 0) is 30.5 Å². The number of alkyl halides is 1. The molecule has 1 heterocycles. The zero-order valence-corrected chi connectivity index (χ0v) is 17.5. The number of benzene rings is 2. The van der Waals surface area contributed by atoms with Crippen LogP contribution in [0.25, 0.3) is 0 Å². The highest BCUT2D eigenvalue weighted by molar-refractivity contribution is 5.88. The number of hydrogen-bond donors (Lipinski definition) is 2. The maximum Gasteiger partial charge on any atom is 0.335 e. The minimum atomic E-state index is -1.10. The average Bonchev–Trinajstić information content (AvgIpc) is 2.77. The summed E-state index contributed by atoms with van der Waals surface area (Å²) in [5, 5.41) is 20.1. The van der Waals surface area contributed by atoms with E-state index in [1.165, 1.54) is 37.3 Å². The number of carboxylic acid groups (broad SMARTS) is 1. The van der Waals surface area contributed by atoms with Gasteiger partial charge in [-0.25, -0.2) is 9.18 Å². The molecule has 2 aromatic rings. The monoisotopic (exact) mass is 431 g/mol. The van der Waals surface area contributed by atoms with Gasteiger partial charge < -0.3 is 24.6 Å². The molecule has 0 aliphatic carbocycles. The Kier molecular flexibility index (Phi) is 6.99. The van der Waals surface area contributed by atoms with E-state index in [9.17, 15) is 24.2 Å². The third-order valence-electron chi connectivity index (χ3n) is 5.53. The average molecular weight is 431 g/mol. The SMILES string of the molecule is COc1cc(O)c(C(CC(=O)N2CCC[C@@H](F)C2)c2cccc(C(=O)O)c2)c(OC)c1. The molecule has 7 nitrogen and oxygen atoms in total. The van der Waals surface area contributed by atoms with E-state index in [1.54, 1.807) is 18.2 Å². The Balaban J connectivity index is 2.06. The Labute approximate surface area is 180 Å². The van der Waals surface area contributed by atoms with E-state index in [2.05, 4.69) is 0 Å². The van der Waals surface area contributed by atoms with Crippen molar-refractivity contribution < 1.29 is 33.7 Å². The fourth-order valence-electron chi connectivity index (χ4n) is 3.95. The van der Waals surface area contributed by atoms with Crippen LogP contribution in [-0.4, -0.2) is 60.5 Å². The van der Waals surface area contributed by atoms with Crippen LogP contribution < -0.4 is 9.47 Å². The Morgan fingerprint density at radius 3 is 2.65 bits per heavy atom. The molecule has 1 amide bonds. The van der Waals surface area contributed by atoms with Gasteiger partial charge in [0.05, 0.1) is 26.3 Å². The molecular formula is C23H26FNO6. The third kappa shape index (κ3) is 5.07. The molecule has 0 aromatic heterocycles. The highest BCUT2D eigenvalue weighted by Crippen LogP contribution is 2.43. The van der Waals surface area contributed by atoms with Crippen LogP contribution in [0.15, 0.2) is 36.4 Å². The number of piperidine rings is 1. The van der Waals surface area contributed by atoms with Crippen molar-refractivity contribution in [3.63, 3.8) is 0 Å².